The Morgan fingerprint density at radius 1 is 0.871 bits per heavy atom. The number of carbonyl (C=O) groups excluding carboxylic acids is 3. The quantitative estimate of drug-likeness (QED) is 0.0614. The normalized spacial score (nSPS) is 34.6. The summed E-state index contributed by atoms with van der Waals surface area (Å²) < 4.78 is 13.2. The predicted octanol–water partition coefficient (Wildman–Crippen LogP) is 7.80. The highest BCUT2D eigenvalue weighted by atomic mass is 16.6. The topological polar surface area (TPSA) is 183 Å². The molecule has 11 nitrogen and oxygen atoms in total. The van der Waals surface area contributed by atoms with Crippen molar-refractivity contribution in [1.29, 1.82) is 0 Å². The fraction of sp³-hybridized carbons (Fsp3) is 0.508. The number of phenols is 1. The summed E-state index contributed by atoms with van der Waals surface area (Å²) >= 11 is 0. The average molecular weight is 948 g/mol. The molecule has 5 aliphatic carbocycles. The smallest absolute Gasteiger partial charge is 0.334 e. The Morgan fingerprint density at radius 3 is 2.47 bits per heavy atom. The third-order valence-electron chi connectivity index (χ3n) is 17.4. The van der Waals surface area contributed by atoms with Gasteiger partial charge >= 0.3 is 11.9 Å². The molecular weight excluding hydrogens is 883 g/mol. The summed E-state index contributed by atoms with van der Waals surface area (Å²) in [4.78, 5) is 44.0. The van der Waals surface area contributed by atoms with Crippen LogP contribution in [0.25, 0.3) is 0 Å². The molecule has 0 radical (unpaired) electrons. The molecular formula is C59H65NO10. The molecule has 3 fully saturated rings. The molecule has 0 spiro atoms. The minimum absolute atomic E-state index is 0.0237. The lowest BCUT2D eigenvalue weighted by Gasteiger charge is -2.64. The largest absolute Gasteiger partial charge is 0.507 e. The fourth-order valence-electron chi connectivity index (χ4n) is 14.4. The molecule has 0 unspecified atom stereocenters. The Balaban J connectivity index is 1.16. The Hall–Kier alpha value is -5.51. The monoisotopic (exact) mass is 947 g/mol. The van der Waals surface area contributed by atoms with Gasteiger partial charge in [-0.15, -0.1) is 0 Å². The zero-order valence-electron chi connectivity index (χ0n) is 39.9. The number of aliphatic hydroxyl groups excluding tert-OH is 3. The van der Waals surface area contributed by atoms with Gasteiger partial charge in [-0.3, -0.25) is 9.59 Å². The number of fused-ring (bicyclic) bond motifs is 10. The number of aliphatic hydroxyl groups is 4. The number of hydrogen-bond donors (Lipinski definition) is 6. The molecule has 6 N–H and O–H groups in total. The van der Waals surface area contributed by atoms with Crippen molar-refractivity contribution in [1.82, 2.24) is 0 Å². The lowest BCUT2D eigenvalue weighted by molar-refractivity contribution is -0.239. The first-order chi connectivity index (χ1) is 33.9. The number of carbonyl (C=O) groups is 3. The average Bonchev–Trinajstić information content (AvgIpc) is 3.35. The second-order valence-electron chi connectivity index (χ2n) is 21.8. The van der Waals surface area contributed by atoms with Gasteiger partial charge in [0.25, 0.3) is 0 Å². The van der Waals surface area contributed by atoms with E-state index in [2.05, 4.69) is 41.5 Å². The summed E-state index contributed by atoms with van der Waals surface area (Å²) in [5.41, 5.74) is 3.86. The third-order valence-corrected chi connectivity index (χ3v) is 17.4. The summed E-state index contributed by atoms with van der Waals surface area (Å²) in [5, 5.41) is 63.2. The third kappa shape index (κ3) is 8.52. The number of ether oxygens (including phenoxy) is 2. The van der Waals surface area contributed by atoms with Crippen LogP contribution in [-0.2, 0) is 45.0 Å². The number of hydrogen-bond acceptors (Lipinski definition) is 11. The Bertz CT molecular complexity index is 2740. The Morgan fingerprint density at radius 2 is 1.67 bits per heavy atom. The van der Waals surface area contributed by atoms with Crippen molar-refractivity contribution in [2.75, 3.05) is 11.9 Å². The van der Waals surface area contributed by atoms with Gasteiger partial charge in [0.1, 0.15) is 29.0 Å². The van der Waals surface area contributed by atoms with Gasteiger partial charge in [-0.2, -0.15) is 0 Å². The van der Waals surface area contributed by atoms with E-state index < -0.39 is 59.5 Å². The van der Waals surface area contributed by atoms with E-state index in [0.717, 1.165) is 49.7 Å². The fourth-order valence-corrected chi connectivity index (χ4v) is 14.4. The maximum Gasteiger partial charge on any atom is 0.334 e. The molecule has 11 rings (SSSR count). The van der Waals surface area contributed by atoms with Crippen molar-refractivity contribution in [2.24, 2.45) is 41.4 Å². The zero-order chi connectivity index (χ0) is 48.4. The summed E-state index contributed by atoms with van der Waals surface area (Å²) in [6.45, 7) is 1.62. The highest BCUT2D eigenvalue weighted by Gasteiger charge is 2.67. The maximum atomic E-state index is 15.7. The first kappa shape index (κ1) is 46.8. The Labute approximate surface area is 410 Å². The molecule has 70 heavy (non-hydrogen) atoms. The summed E-state index contributed by atoms with van der Waals surface area (Å²) in [6, 6.07) is 15.3. The van der Waals surface area contributed by atoms with E-state index in [9.17, 15) is 35.1 Å². The van der Waals surface area contributed by atoms with Crippen LogP contribution < -0.4 is 10.1 Å². The molecule has 3 aromatic rings. The highest BCUT2D eigenvalue weighted by molar-refractivity contribution is 5.89. The summed E-state index contributed by atoms with van der Waals surface area (Å²) in [5.74, 6) is 2.74. The minimum Gasteiger partial charge on any atom is -0.507 e. The number of anilines is 1. The molecule has 8 aliphatic rings. The van der Waals surface area contributed by atoms with Gasteiger partial charge in [-0.25, -0.2) is 4.79 Å². The molecule has 3 aromatic carbocycles. The molecule has 13 atom stereocenters. The van der Waals surface area contributed by atoms with Crippen LogP contribution in [-0.4, -0.2) is 73.7 Å². The molecule has 12 bridgehead atoms. The number of nitrogens with one attached hydrogen (secondary N) is 1. The number of ketones is 1. The molecule has 366 valence electrons. The number of rotatable bonds is 6. The maximum absolute atomic E-state index is 15.7. The lowest BCUT2D eigenvalue weighted by atomic mass is 9.42. The van der Waals surface area contributed by atoms with Crippen molar-refractivity contribution >= 4 is 23.4 Å². The number of benzene rings is 3. The molecule has 3 aliphatic heterocycles. The number of Topliss-reactive ketones (excluding diaryl/α,β-unsaturated/α-hetero) is 1. The van der Waals surface area contributed by atoms with E-state index in [1.54, 1.807) is 19.1 Å². The van der Waals surface area contributed by atoms with E-state index in [1.165, 1.54) is 0 Å². The number of allylic oxidation sites excluding steroid dienone is 4. The van der Waals surface area contributed by atoms with Crippen molar-refractivity contribution < 1.29 is 49.4 Å². The summed E-state index contributed by atoms with van der Waals surface area (Å²) in [7, 11) is 0. The van der Waals surface area contributed by atoms with Crippen LogP contribution in [0.3, 0.4) is 0 Å². The van der Waals surface area contributed by atoms with Gasteiger partial charge in [0.05, 0.1) is 31.2 Å². The van der Waals surface area contributed by atoms with Crippen molar-refractivity contribution in [3.63, 3.8) is 0 Å². The zero-order valence-corrected chi connectivity index (χ0v) is 39.9. The van der Waals surface area contributed by atoms with Gasteiger partial charge in [0.2, 0.25) is 0 Å². The van der Waals surface area contributed by atoms with E-state index in [0.29, 0.717) is 52.1 Å². The van der Waals surface area contributed by atoms with Crippen molar-refractivity contribution in [3.05, 3.63) is 123 Å². The second kappa shape index (κ2) is 18.9. The van der Waals surface area contributed by atoms with E-state index in [1.807, 2.05) is 42.5 Å². The predicted molar refractivity (Wildman–Crippen MR) is 263 cm³/mol. The van der Waals surface area contributed by atoms with E-state index in [4.69, 9.17) is 9.47 Å². The lowest BCUT2D eigenvalue weighted by Crippen LogP contribution is -2.70. The van der Waals surface area contributed by atoms with Crippen LogP contribution in [0.1, 0.15) is 128 Å². The first-order valence-corrected chi connectivity index (χ1v) is 25.9. The highest BCUT2D eigenvalue weighted by Crippen LogP contribution is 2.64. The SMILES string of the molecule is C[C@H](O)CNc1cc(CO)cc([C@@H]2C#C[C@@H]3CC(=O)Oc4c3cc(c(O)c4C3CCCCC3)C[C@H]3OC(=O)/C(=C\[C@@H](O)Cc4cccc(c4)C[C@@H]4C(=O)C[C@@H]5C=C[C@H]6[C@@H]7C=CCC[C@@H]7[C@]3(O)[C@@H]5[C@H]64)C2)c1. The Kier molecular flexibility index (Phi) is 12.7. The van der Waals surface area contributed by atoms with Gasteiger partial charge < -0.3 is 40.3 Å². The van der Waals surface area contributed by atoms with Gasteiger partial charge in [0.15, 0.2) is 0 Å². The molecule has 0 saturated heterocycles. The van der Waals surface area contributed by atoms with Crippen LogP contribution in [0.15, 0.2) is 84.5 Å². The standard InChI is InChI=1S/C59H65NO10/c1-32(62)30-60-43-20-35(31-61)19-40(24-43)37-14-15-38-29-52(65)70-57-47(38)26-41(56(66)53(57)36-10-3-2-4-11-36)28-51-59(68)49-13-6-5-12-45(49)46-17-16-39-27-50(64)48(54(46)55(39)59)22-34-9-7-8-33(18-34)21-44(63)25-42(23-37)58(67)69-51/h5,7-9,12,16-20,24-26,32,36-39,44-46,48-49,51,54-55,60-63,66,68H,2-4,6,10-11,13,21-23,27-31H2,1H3/b42-25-/t32-,37+,38+,39-,44-,45-,46-,48+,49-,51+,54+,55-,59+/m0/s1. The molecule has 3 heterocycles. The van der Waals surface area contributed by atoms with Crippen molar-refractivity contribution in [2.45, 2.75) is 139 Å². The van der Waals surface area contributed by atoms with E-state index in [-0.39, 0.29) is 97.9 Å². The van der Waals surface area contributed by atoms with Crippen LogP contribution in [0.5, 0.6) is 11.5 Å². The minimum atomic E-state index is -1.68. The molecule has 0 aromatic heterocycles. The van der Waals surface area contributed by atoms with Crippen LogP contribution in [0.2, 0.25) is 0 Å². The summed E-state index contributed by atoms with van der Waals surface area (Å²) in [6.07, 6.45) is 14.0. The van der Waals surface area contributed by atoms with Crippen LogP contribution in [0, 0.1) is 53.3 Å². The van der Waals surface area contributed by atoms with Crippen LogP contribution >= 0.6 is 0 Å². The van der Waals surface area contributed by atoms with Crippen molar-refractivity contribution in [3.8, 4) is 23.3 Å². The number of phenolic OH excluding ortho intramolecular Hbond substituents is 1. The van der Waals surface area contributed by atoms with Gasteiger partial charge in [0, 0.05) is 65.9 Å². The number of aromatic hydroxyl groups is 1. The van der Waals surface area contributed by atoms with Gasteiger partial charge in [-0.05, 0) is 133 Å². The van der Waals surface area contributed by atoms with E-state index >= 15 is 4.79 Å². The van der Waals surface area contributed by atoms with Gasteiger partial charge in [-0.1, -0.05) is 85.7 Å². The van der Waals surface area contributed by atoms with Crippen LogP contribution in [0.4, 0.5) is 5.69 Å². The number of esters is 2. The second-order valence-corrected chi connectivity index (χ2v) is 21.8. The molecule has 0 amide bonds. The first-order valence-electron chi connectivity index (χ1n) is 25.9. The molecule has 11 heteroatoms. The molecule has 3 saturated carbocycles.